The Bertz CT molecular complexity index is 303. The van der Waals surface area contributed by atoms with Gasteiger partial charge in [-0.3, -0.25) is 8.60 Å². The van der Waals surface area contributed by atoms with Gasteiger partial charge in [0.05, 0.1) is 22.4 Å². The highest BCUT2D eigenvalue weighted by molar-refractivity contribution is 7.85. The molecule has 1 aromatic carbocycles. The number of halogens is 1. The van der Waals surface area contributed by atoms with E-state index in [1.54, 1.807) is 24.3 Å². The quantitative estimate of drug-likeness (QED) is 0.754. The highest BCUT2D eigenvalue weighted by Gasteiger charge is 2.05. The van der Waals surface area contributed by atoms with E-state index in [1.165, 1.54) is 0 Å². The third-order valence-electron chi connectivity index (χ3n) is 1.63. The number of nitrogen functional groups attached to an aromatic ring is 1. The lowest BCUT2D eigenvalue weighted by Gasteiger charge is -2.03. The predicted molar refractivity (Wildman–Crippen MR) is 52.7 cm³/mol. The summed E-state index contributed by atoms with van der Waals surface area (Å²) in [6.07, 6.45) is 0.320. The maximum Gasteiger partial charge on any atom is 0.0903 e. The summed E-state index contributed by atoms with van der Waals surface area (Å²) in [5, 5.41) is 0. The summed E-state index contributed by atoms with van der Waals surface area (Å²) in [6.45, 7) is -0.432. The minimum Gasteiger partial charge on any atom is -0.398 e. The summed E-state index contributed by atoms with van der Waals surface area (Å²) in [7, 11) is -1.16. The smallest absolute Gasteiger partial charge is 0.0903 e. The summed E-state index contributed by atoms with van der Waals surface area (Å²) < 4.78 is 23.3. The van der Waals surface area contributed by atoms with Crippen LogP contribution >= 0.6 is 0 Å². The summed E-state index contributed by atoms with van der Waals surface area (Å²) in [5.74, 6) is 0.338. The third kappa shape index (κ3) is 2.81. The Labute approximate surface area is 79.4 Å². The van der Waals surface area contributed by atoms with Gasteiger partial charge in [0.25, 0.3) is 0 Å². The van der Waals surface area contributed by atoms with Gasteiger partial charge in [-0.1, -0.05) is 12.1 Å². The Kier molecular flexibility index (Phi) is 3.89. The lowest BCUT2D eigenvalue weighted by molar-refractivity contribution is 0.488. The molecule has 2 N–H and O–H groups in total. The molecule has 72 valence electrons. The van der Waals surface area contributed by atoms with Crippen LogP contribution < -0.4 is 5.73 Å². The van der Waals surface area contributed by atoms with Crippen molar-refractivity contribution in [2.45, 2.75) is 11.3 Å². The Morgan fingerprint density at radius 1 is 1.38 bits per heavy atom. The molecular formula is C9H12FNOS. The Balaban J connectivity index is 2.71. The van der Waals surface area contributed by atoms with Crippen molar-refractivity contribution in [3.8, 4) is 0 Å². The molecule has 0 bridgehead atoms. The van der Waals surface area contributed by atoms with Gasteiger partial charge in [-0.05, 0) is 18.6 Å². The minimum atomic E-state index is -1.16. The van der Waals surface area contributed by atoms with E-state index in [0.29, 0.717) is 22.8 Å². The molecule has 13 heavy (non-hydrogen) atoms. The summed E-state index contributed by atoms with van der Waals surface area (Å²) in [5.41, 5.74) is 6.12. The lowest BCUT2D eigenvalue weighted by atomic mass is 10.3. The molecule has 0 fully saturated rings. The molecule has 0 amide bonds. The van der Waals surface area contributed by atoms with Crippen LogP contribution in [0, 0.1) is 0 Å². The zero-order valence-electron chi connectivity index (χ0n) is 7.20. The van der Waals surface area contributed by atoms with E-state index in [9.17, 15) is 8.60 Å². The van der Waals surface area contributed by atoms with Crippen molar-refractivity contribution in [2.24, 2.45) is 0 Å². The molecular weight excluding hydrogens is 189 g/mol. The fourth-order valence-corrected chi connectivity index (χ4v) is 2.14. The van der Waals surface area contributed by atoms with E-state index in [2.05, 4.69) is 0 Å². The van der Waals surface area contributed by atoms with Crippen molar-refractivity contribution in [2.75, 3.05) is 18.2 Å². The monoisotopic (exact) mass is 201 g/mol. The van der Waals surface area contributed by atoms with E-state index in [0.717, 1.165) is 0 Å². The minimum absolute atomic E-state index is 0.320. The topological polar surface area (TPSA) is 43.1 Å². The summed E-state index contributed by atoms with van der Waals surface area (Å²) in [6, 6.07) is 6.97. The van der Waals surface area contributed by atoms with E-state index in [4.69, 9.17) is 5.73 Å². The molecule has 0 aliphatic rings. The lowest BCUT2D eigenvalue weighted by Crippen LogP contribution is -2.02. The Morgan fingerprint density at radius 2 is 2.08 bits per heavy atom. The standard InChI is InChI=1S/C9H12FNOS/c10-6-3-7-13(12)9-5-2-1-4-8(9)11/h1-2,4-5H,3,6-7,11H2. The summed E-state index contributed by atoms with van der Waals surface area (Å²) in [4.78, 5) is 0.607. The molecule has 0 aliphatic carbocycles. The van der Waals surface area contributed by atoms with Crippen LogP contribution in [-0.2, 0) is 10.8 Å². The Hall–Kier alpha value is -0.900. The molecule has 1 rings (SSSR count). The highest BCUT2D eigenvalue weighted by atomic mass is 32.2. The first-order valence-corrected chi connectivity index (χ1v) is 5.36. The van der Waals surface area contributed by atoms with E-state index < -0.39 is 17.5 Å². The molecule has 0 spiro atoms. The van der Waals surface area contributed by atoms with Gasteiger partial charge in [0.2, 0.25) is 0 Å². The number of para-hydroxylation sites is 1. The number of hydrogen-bond acceptors (Lipinski definition) is 2. The average molecular weight is 201 g/mol. The van der Waals surface area contributed by atoms with Crippen molar-refractivity contribution in [1.82, 2.24) is 0 Å². The van der Waals surface area contributed by atoms with Crippen LogP contribution in [0.25, 0.3) is 0 Å². The van der Waals surface area contributed by atoms with Crippen LogP contribution in [0.5, 0.6) is 0 Å². The van der Waals surface area contributed by atoms with Crippen molar-refractivity contribution in [3.63, 3.8) is 0 Å². The van der Waals surface area contributed by atoms with Gasteiger partial charge in [-0.2, -0.15) is 0 Å². The molecule has 2 nitrogen and oxygen atoms in total. The Morgan fingerprint density at radius 3 is 2.69 bits per heavy atom. The van der Waals surface area contributed by atoms with Crippen LogP contribution in [0.2, 0.25) is 0 Å². The average Bonchev–Trinajstić information content (AvgIpc) is 2.15. The molecule has 0 heterocycles. The van der Waals surface area contributed by atoms with Crippen LogP contribution in [0.1, 0.15) is 6.42 Å². The summed E-state index contributed by atoms with van der Waals surface area (Å²) >= 11 is 0. The molecule has 4 heteroatoms. The van der Waals surface area contributed by atoms with Crippen molar-refractivity contribution in [3.05, 3.63) is 24.3 Å². The molecule has 1 atom stereocenters. The maximum atomic E-state index is 11.8. The third-order valence-corrected chi connectivity index (χ3v) is 3.15. The number of alkyl halides is 1. The number of hydrogen-bond donors (Lipinski definition) is 1. The van der Waals surface area contributed by atoms with Crippen molar-refractivity contribution < 1.29 is 8.60 Å². The first-order chi connectivity index (χ1) is 6.25. The second kappa shape index (κ2) is 4.97. The fourth-order valence-electron chi connectivity index (χ4n) is 0.983. The highest BCUT2D eigenvalue weighted by Crippen LogP contribution is 2.15. The van der Waals surface area contributed by atoms with Crippen LogP contribution in [0.3, 0.4) is 0 Å². The van der Waals surface area contributed by atoms with Gasteiger partial charge in [-0.25, -0.2) is 0 Å². The van der Waals surface area contributed by atoms with Crippen LogP contribution in [-0.4, -0.2) is 16.6 Å². The number of benzene rings is 1. The van der Waals surface area contributed by atoms with E-state index >= 15 is 0 Å². The molecule has 0 aromatic heterocycles. The molecule has 0 saturated carbocycles. The van der Waals surface area contributed by atoms with Gasteiger partial charge in [0, 0.05) is 11.4 Å². The first kappa shape index (κ1) is 10.2. The van der Waals surface area contributed by atoms with Crippen molar-refractivity contribution >= 4 is 16.5 Å². The van der Waals surface area contributed by atoms with Gasteiger partial charge >= 0.3 is 0 Å². The normalized spacial score (nSPS) is 12.7. The predicted octanol–water partition coefficient (Wildman–Crippen LogP) is 1.74. The number of rotatable bonds is 4. The number of anilines is 1. The van der Waals surface area contributed by atoms with Crippen molar-refractivity contribution in [1.29, 1.82) is 0 Å². The zero-order valence-corrected chi connectivity index (χ0v) is 8.02. The maximum absolute atomic E-state index is 11.8. The number of nitrogens with two attached hydrogens (primary N) is 1. The van der Waals surface area contributed by atoms with Gasteiger partial charge < -0.3 is 5.73 Å². The molecule has 0 radical (unpaired) electrons. The second-order valence-corrected chi connectivity index (χ2v) is 4.17. The van der Waals surface area contributed by atoms with Crippen LogP contribution in [0.4, 0.5) is 10.1 Å². The molecule has 1 aromatic rings. The molecule has 1 unspecified atom stereocenters. The zero-order chi connectivity index (χ0) is 9.68. The second-order valence-electron chi connectivity index (χ2n) is 2.63. The fraction of sp³-hybridized carbons (Fsp3) is 0.333. The van der Waals surface area contributed by atoms with Gasteiger partial charge in [0.1, 0.15) is 0 Å². The first-order valence-electron chi connectivity index (χ1n) is 4.04. The largest absolute Gasteiger partial charge is 0.398 e. The van der Waals surface area contributed by atoms with Gasteiger partial charge in [0.15, 0.2) is 0 Å². The van der Waals surface area contributed by atoms with Gasteiger partial charge in [-0.15, -0.1) is 0 Å². The van der Waals surface area contributed by atoms with E-state index in [1.807, 2.05) is 0 Å². The SMILES string of the molecule is Nc1ccccc1S(=O)CCCF. The molecule has 0 aliphatic heterocycles. The molecule has 0 saturated heterocycles. The van der Waals surface area contributed by atoms with Crippen LogP contribution in [0.15, 0.2) is 29.2 Å². The van der Waals surface area contributed by atoms with E-state index in [-0.39, 0.29) is 0 Å².